The first-order chi connectivity index (χ1) is 11.0. The van der Waals surface area contributed by atoms with Crippen molar-refractivity contribution < 1.29 is 19.1 Å². The van der Waals surface area contributed by atoms with E-state index in [0.717, 1.165) is 4.47 Å². The maximum absolute atomic E-state index is 12.2. The van der Waals surface area contributed by atoms with Gasteiger partial charge in [-0.15, -0.1) is 0 Å². The highest BCUT2D eigenvalue weighted by atomic mass is 79.9. The Hall–Kier alpha value is -1.69. The van der Waals surface area contributed by atoms with Crippen LogP contribution >= 0.6 is 15.9 Å². The highest BCUT2D eigenvalue weighted by molar-refractivity contribution is 9.10. The van der Waals surface area contributed by atoms with Crippen LogP contribution in [0.1, 0.15) is 36.0 Å². The summed E-state index contributed by atoms with van der Waals surface area (Å²) in [5.41, 5.74) is 0.616. The summed E-state index contributed by atoms with van der Waals surface area (Å²) >= 11 is 3.32. The Balaban J connectivity index is 1.78. The average Bonchev–Trinajstić information content (AvgIpc) is 2.59. The van der Waals surface area contributed by atoms with Crippen LogP contribution in [0.4, 0.5) is 0 Å². The highest BCUT2D eigenvalue weighted by Gasteiger charge is 2.27. The normalized spacial score (nSPS) is 15.3. The van der Waals surface area contributed by atoms with Crippen molar-refractivity contribution in [2.24, 2.45) is 5.92 Å². The van der Waals surface area contributed by atoms with Gasteiger partial charge in [0.15, 0.2) is 5.78 Å². The zero-order valence-corrected chi connectivity index (χ0v) is 14.7. The molecule has 0 aromatic heterocycles. The number of carbonyl (C=O) groups excluding carboxylic acids is 3. The van der Waals surface area contributed by atoms with Gasteiger partial charge < -0.3 is 9.64 Å². The van der Waals surface area contributed by atoms with Crippen LogP contribution < -0.4 is 0 Å². The number of benzene rings is 1. The topological polar surface area (TPSA) is 63.7 Å². The van der Waals surface area contributed by atoms with Crippen LogP contribution in [0, 0.1) is 5.92 Å². The number of rotatable bonds is 5. The van der Waals surface area contributed by atoms with Crippen molar-refractivity contribution in [3.8, 4) is 0 Å². The van der Waals surface area contributed by atoms with Crippen LogP contribution in [-0.2, 0) is 14.3 Å². The highest BCUT2D eigenvalue weighted by Crippen LogP contribution is 2.19. The van der Waals surface area contributed by atoms with Gasteiger partial charge in [-0.1, -0.05) is 28.1 Å². The summed E-state index contributed by atoms with van der Waals surface area (Å²) in [6, 6.07) is 7.12. The summed E-state index contributed by atoms with van der Waals surface area (Å²) in [5, 5.41) is 0. The molecule has 1 aromatic rings. The average molecular weight is 382 g/mol. The molecule has 0 radical (unpaired) electrons. The molecular formula is C17H20BrNO4. The summed E-state index contributed by atoms with van der Waals surface area (Å²) in [5.74, 6) is -0.384. The van der Waals surface area contributed by atoms with Crippen LogP contribution in [0.2, 0.25) is 0 Å². The number of esters is 1. The minimum absolute atomic E-state index is 0.0289. The Morgan fingerprint density at radius 3 is 2.30 bits per heavy atom. The molecule has 2 rings (SSSR count). The number of hydrogen-bond donors (Lipinski definition) is 0. The Morgan fingerprint density at radius 2 is 1.74 bits per heavy atom. The smallest absolute Gasteiger partial charge is 0.308 e. The predicted octanol–water partition coefficient (Wildman–Crippen LogP) is 2.82. The molecule has 1 aliphatic heterocycles. The van der Waals surface area contributed by atoms with Gasteiger partial charge in [-0.3, -0.25) is 14.4 Å². The predicted molar refractivity (Wildman–Crippen MR) is 89.0 cm³/mol. The molecule has 1 aromatic carbocycles. The molecule has 0 bridgehead atoms. The summed E-state index contributed by atoms with van der Waals surface area (Å²) in [7, 11) is 1.38. The molecule has 1 fully saturated rings. The van der Waals surface area contributed by atoms with Gasteiger partial charge in [0, 0.05) is 36.0 Å². The van der Waals surface area contributed by atoms with E-state index in [2.05, 4.69) is 15.9 Å². The molecule has 124 valence electrons. The minimum Gasteiger partial charge on any atom is -0.469 e. The van der Waals surface area contributed by atoms with Crippen LogP contribution in [0.3, 0.4) is 0 Å². The number of methoxy groups -OCH3 is 1. The van der Waals surface area contributed by atoms with Gasteiger partial charge >= 0.3 is 5.97 Å². The molecule has 0 atom stereocenters. The molecule has 6 heteroatoms. The zero-order valence-electron chi connectivity index (χ0n) is 13.1. The monoisotopic (exact) mass is 381 g/mol. The van der Waals surface area contributed by atoms with E-state index in [9.17, 15) is 14.4 Å². The van der Waals surface area contributed by atoms with Crippen molar-refractivity contribution in [3.05, 3.63) is 34.3 Å². The molecule has 23 heavy (non-hydrogen) atoms. The number of piperidine rings is 1. The number of carbonyl (C=O) groups is 3. The van der Waals surface area contributed by atoms with Gasteiger partial charge in [0.2, 0.25) is 5.91 Å². The number of hydrogen-bond acceptors (Lipinski definition) is 4. The van der Waals surface area contributed by atoms with Crippen molar-refractivity contribution in [1.82, 2.24) is 4.90 Å². The third-order valence-electron chi connectivity index (χ3n) is 4.11. The second-order valence-corrected chi connectivity index (χ2v) is 6.52. The van der Waals surface area contributed by atoms with E-state index in [1.807, 2.05) is 12.1 Å². The van der Waals surface area contributed by atoms with E-state index in [-0.39, 0.29) is 36.4 Å². The van der Waals surface area contributed by atoms with Gasteiger partial charge in [0.25, 0.3) is 0 Å². The van der Waals surface area contributed by atoms with Crippen LogP contribution in [0.5, 0.6) is 0 Å². The third-order valence-corrected chi connectivity index (χ3v) is 4.64. The van der Waals surface area contributed by atoms with Gasteiger partial charge in [-0.2, -0.15) is 0 Å². The van der Waals surface area contributed by atoms with Gasteiger partial charge in [-0.25, -0.2) is 0 Å². The van der Waals surface area contributed by atoms with Crippen molar-refractivity contribution in [1.29, 1.82) is 0 Å². The van der Waals surface area contributed by atoms with Gasteiger partial charge in [0.1, 0.15) is 0 Å². The molecule has 0 aliphatic carbocycles. The lowest BCUT2D eigenvalue weighted by Gasteiger charge is -2.30. The molecule has 1 aliphatic rings. The molecule has 0 saturated carbocycles. The Kier molecular flexibility index (Phi) is 6.33. The summed E-state index contributed by atoms with van der Waals surface area (Å²) in [6.45, 7) is 1.09. The van der Waals surface area contributed by atoms with Gasteiger partial charge in [0.05, 0.1) is 13.0 Å². The molecule has 1 heterocycles. The van der Waals surface area contributed by atoms with Crippen molar-refractivity contribution in [2.75, 3.05) is 20.2 Å². The molecule has 0 spiro atoms. The lowest BCUT2D eigenvalue weighted by molar-refractivity contribution is -0.148. The maximum Gasteiger partial charge on any atom is 0.308 e. The van der Waals surface area contributed by atoms with E-state index in [0.29, 0.717) is 31.5 Å². The first kappa shape index (κ1) is 17.7. The molecule has 1 saturated heterocycles. The maximum atomic E-state index is 12.2. The number of ketones is 1. The number of likely N-dealkylation sites (tertiary alicyclic amines) is 1. The third kappa shape index (κ3) is 4.89. The molecular weight excluding hydrogens is 362 g/mol. The molecule has 1 amide bonds. The van der Waals surface area contributed by atoms with E-state index in [1.54, 1.807) is 17.0 Å². The van der Waals surface area contributed by atoms with Crippen LogP contribution in [0.15, 0.2) is 28.7 Å². The molecule has 0 unspecified atom stereocenters. The second kappa shape index (κ2) is 8.24. The van der Waals surface area contributed by atoms with Crippen molar-refractivity contribution in [3.63, 3.8) is 0 Å². The first-order valence-electron chi connectivity index (χ1n) is 7.65. The lowest BCUT2D eigenvalue weighted by Crippen LogP contribution is -2.40. The van der Waals surface area contributed by atoms with E-state index < -0.39 is 0 Å². The Morgan fingerprint density at radius 1 is 1.13 bits per heavy atom. The van der Waals surface area contributed by atoms with Crippen molar-refractivity contribution >= 4 is 33.6 Å². The fourth-order valence-electron chi connectivity index (χ4n) is 2.69. The first-order valence-corrected chi connectivity index (χ1v) is 8.45. The van der Waals surface area contributed by atoms with E-state index in [4.69, 9.17) is 4.74 Å². The number of ether oxygens (including phenoxy) is 1. The van der Waals surface area contributed by atoms with E-state index in [1.165, 1.54) is 7.11 Å². The van der Waals surface area contributed by atoms with Gasteiger partial charge in [-0.05, 0) is 25.0 Å². The Labute approximate surface area is 144 Å². The summed E-state index contributed by atoms with van der Waals surface area (Å²) < 4.78 is 5.65. The van der Waals surface area contributed by atoms with E-state index >= 15 is 0 Å². The van der Waals surface area contributed by atoms with Crippen LogP contribution in [0.25, 0.3) is 0 Å². The number of nitrogens with zero attached hydrogens (tertiary/aromatic N) is 1. The zero-order chi connectivity index (χ0) is 16.8. The second-order valence-electron chi connectivity index (χ2n) is 5.61. The number of amides is 1. The van der Waals surface area contributed by atoms with Crippen LogP contribution in [-0.4, -0.2) is 42.8 Å². The fourth-order valence-corrected chi connectivity index (χ4v) is 2.95. The number of Topliss-reactive ketones (excluding diaryl/α,β-unsaturated/α-hetero) is 1. The molecule has 0 N–H and O–H groups in total. The van der Waals surface area contributed by atoms with Crippen molar-refractivity contribution in [2.45, 2.75) is 25.7 Å². The summed E-state index contributed by atoms with van der Waals surface area (Å²) in [4.78, 5) is 37.5. The molecule has 5 nitrogen and oxygen atoms in total. The Bertz CT molecular complexity index is 577. The standard InChI is InChI=1S/C17H20BrNO4/c1-23-17(22)13-8-10-19(11-9-13)16(21)7-6-15(20)12-2-4-14(18)5-3-12/h2-5,13H,6-11H2,1H3. The SMILES string of the molecule is COC(=O)C1CCN(C(=O)CCC(=O)c2ccc(Br)cc2)CC1. The minimum atomic E-state index is -0.206. The number of halogens is 1. The summed E-state index contributed by atoms with van der Waals surface area (Å²) in [6.07, 6.45) is 1.66. The quantitative estimate of drug-likeness (QED) is 0.580. The fraction of sp³-hybridized carbons (Fsp3) is 0.471. The largest absolute Gasteiger partial charge is 0.469 e. The lowest BCUT2D eigenvalue weighted by atomic mass is 9.96.